The van der Waals surface area contributed by atoms with Gasteiger partial charge in [0.05, 0.1) is 11.4 Å². The molecule has 2 heterocycles. The number of carbonyl (C=O) groups is 2. The summed E-state index contributed by atoms with van der Waals surface area (Å²) in [5.74, 6) is 0.147. The van der Waals surface area contributed by atoms with Crippen molar-refractivity contribution >= 4 is 44.5 Å². The van der Waals surface area contributed by atoms with Gasteiger partial charge in [-0.15, -0.1) is 0 Å². The molecule has 0 fully saturated rings. The highest BCUT2D eigenvalue weighted by molar-refractivity contribution is 7.92. The SMILES string of the molecule is O=C(CNC(=O)c1ccsc1)Nc1ccc(NS(=O)(=O)c2ccc3c(c2)OCCO3)cc1. The second kappa shape index (κ2) is 9.28. The van der Waals surface area contributed by atoms with Crippen LogP contribution in [-0.2, 0) is 14.8 Å². The van der Waals surface area contributed by atoms with Gasteiger partial charge in [-0.2, -0.15) is 11.3 Å². The summed E-state index contributed by atoms with van der Waals surface area (Å²) in [6.45, 7) is 0.586. The Morgan fingerprint density at radius 3 is 2.38 bits per heavy atom. The summed E-state index contributed by atoms with van der Waals surface area (Å²) in [7, 11) is -3.84. The molecule has 0 saturated heterocycles. The summed E-state index contributed by atoms with van der Waals surface area (Å²) >= 11 is 1.39. The van der Waals surface area contributed by atoms with Crippen LogP contribution in [0.15, 0.2) is 64.2 Å². The number of sulfonamides is 1. The van der Waals surface area contributed by atoms with Gasteiger partial charge in [-0.25, -0.2) is 8.42 Å². The third-order valence-electron chi connectivity index (χ3n) is 4.44. The third kappa shape index (κ3) is 5.18. The number of benzene rings is 2. The van der Waals surface area contributed by atoms with Gasteiger partial charge >= 0.3 is 0 Å². The van der Waals surface area contributed by atoms with Crippen molar-refractivity contribution in [2.45, 2.75) is 4.90 Å². The predicted molar refractivity (Wildman–Crippen MR) is 120 cm³/mol. The van der Waals surface area contributed by atoms with Crippen LogP contribution in [0.2, 0.25) is 0 Å². The molecule has 0 saturated carbocycles. The van der Waals surface area contributed by atoms with Gasteiger partial charge in [0.15, 0.2) is 11.5 Å². The molecule has 1 aliphatic rings. The molecule has 0 unspecified atom stereocenters. The van der Waals surface area contributed by atoms with E-state index >= 15 is 0 Å². The van der Waals surface area contributed by atoms with Crippen molar-refractivity contribution in [1.29, 1.82) is 0 Å². The van der Waals surface area contributed by atoms with Crippen LogP contribution in [0.5, 0.6) is 11.5 Å². The van der Waals surface area contributed by atoms with E-state index in [2.05, 4.69) is 15.4 Å². The molecule has 2 aromatic carbocycles. The van der Waals surface area contributed by atoms with E-state index < -0.39 is 15.9 Å². The van der Waals surface area contributed by atoms with Gasteiger partial charge in [0.25, 0.3) is 15.9 Å². The molecule has 1 aliphatic heterocycles. The number of anilines is 2. The van der Waals surface area contributed by atoms with E-state index in [4.69, 9.17) is 9.47 Å². The molecule has 3 N–H and O–H groups in total. The van der Waals surface area contributed by atoms with Crippen LogP contribution >= 0.6 is 11.3 Å². The van der Waals surface area contributed by atoms with Crippen LogP contribution < -0.4 is 24.8 Å². The third-order valence-corrected chi connectivity index (χ3v) is 6.50. The largest absolute Gasteiger partial charge is 0.486 e. The van der Waals surface area contributed by atoms with Gasteiger partial charge < -0.3 is 20.1 Å². The van der Waals surface area contributed by atoms with E-state index in [1.54, 1.807) is 35.0 Å². The zero-order valence-electron chi connectivity index (χ0n) is 16.7. The molecule has 0 bridgehead atoms. The van der Waals surface area contributed by atoms with Crippen LogP contribution in [-0.4, -0.2) is 40.0 Å². The normalized spacial score (nSPS) is 12.6. The first kappa shape index (κ1) is 21.7. The lowest BCUT2D eigenvalue weighted by molar-refractivity contribution is -0.115. The first-order chi connectivity index (χ1) is 15.4. The molecular weight excluding hydrogens is 454 g/mol. The standard InChI is InChI=1S/C21H19N3O6S2/c25-20(12-22-21(26)14-7-10-31-13-14)23-15-1-3-16(4-2-15)24-32(27,28)17-5-6-18-19(11-17)30-9-8-29-18/h1-7,10-11,13,24H,8-9,12H2,(H,22,26)(H,23,25). The summed E-state index contributed by atoms with van der Waals surface area (Å²) in [6.07, 6.45) is 0. The first-order valence-electron chi connectivity index (χ1n) is 9.53. The Morgan fingerprint density at radius 1 is 0.938 bits per heavy atom. The number of rotatable bonds is 7. The van der Waals surface area contributed by atoms with Crippen molar-refractivity contribution in [2.75, 3.05) is 29.8 Å². The summed E-state index contributed by atoms with van der Waals surface area (Å²) < 4.78 is 38.7. The number of nitrogens with one attached hydrogen (secondary N) is 3. The highest BCUT2D eigenvalue weighted by Crippen LogP contribution is 2.32. The number of amides is 2. The van der Waals surface area contributed by atoms with E-state index in [0.717, 1.165) is 0 Å². The Morgan fingerprint density at radius 2 is 1.66 bits per heavy atom. The van der Waals surface area contributed by atoms with Gasteiger partial charge in [0.1, 0.15) is 13.2 Å². The number of fused-ring (bicyclic) bond motifs is 1. The molecule has 0 spiro atoms. The second-order valence-corrected chi connectivity index (χ2v) is 9.19. The van der Waals surface area contributed by atoms with Crippen LogP contribution in [0.1, 0.15) is 10.4 Å². The van der Waals surface area contributed by atoms with Crippen LogP contribution in [0.4, 0.5) is 11.4 Å². The monoisotopic (exact) mass is 473 g/mol. The molecule has 11 heteroatoms. The van der Waals surface area contributed by atoms with Gasteiger partial charge in [0.2, 0.25) is 5.91 Å². The molecular formula is C21H19N3O6S2. The highest BCUT2D eigenvalue weighted by Gasteiger charge is 2.19. The summed E-state index contributed by atoms with van der Waals surface area (Å²) in [6, 6.07) is 12.2. The molecule has 166 valence electrons. The molecule has 0 atom stereocenters. The van der Waals surface area contributed by atoms with Gasteiger partial charge in [-0.05, 0) is 47.8 Å². The van der Waals surface area contributed by atoms with Gasteiger partial charge in [0, 0.05) is 28.4 Å². The molecule has 3 aromatic rings. The maximum absolute atomic E-state index is 12.7. The minimum absolute atomic E-state index is 0.0421. The van der Waals surface area contributed by atoms with Crippen molar-refractivity contribution in [3.05, 3.63) is 64.9 Å². The van der Waals surface area contributed by atoms with Crippen molar-refractivity contribution in [2.24, 2.45) is 0 Å². The summed E-state index contributed by atoms with van der Waals surface area (Å²) in [5.41, 5.74) is 1.28. The maximum Gasteiger partial charge on any atom is 0.262 e. The molecule has 9 nitrogen and oxygen atoms in total. The lowest BCUT2D eigenvalue weighted by atomic mass is 10.3. The minimum atomic E-state index is -3.84. The number of ether oxygens (including phenoxy) is 2. The van der Waals surface area contributed by atoms with Crippen LogP contribution in [0.3, 0.4) is 0 Å². The lowest BCUT2D eigenvalue weighted by Crippen LogP contribution is -2.32. The Hall–Kier alpha value is -3.57. The summed E-state index contributed by atoms with van der Waals surface area (Å²) in [5, 5.41) is 8.64. The van der Waals surface area contributed by atoms with Gasteiger partial charge in [-0.3, -0.25) is 14.3 Å². The molecule has 0 aliphatic carbocycles. The smallest absolute Gasteiger partial charge is 0.262 e. The molecule has 0 radical (unpaired) electrons. The number of carbonyl (C=O) groups excluding carboxylic acids is 2. The fraction of sp³-hybridized carbons (Fsp3) is 0.143. The van der Waals surface area contributed by atoms with E-state index in [1.807, 2.05) is 0 Å². The zero-order valence-corrected chi connectivity index (χ0v) is 18.3. The van der Waals surface area contributed by atoms with Crippen molar-refractivity contribution in [3.63, 3.8) is 0 Å². The van der Waals surface area contributed by atoms with Gasteiger partial charge in [-0.1, -0.05) is 0 Å². The quantitative estimate of drug-likeness (QED) is 0.485. The van der Waals surface area contributed by atoms with E-state index in [9.17, 15) is 18.0 Å². The van der Waals surface area contributed by atoms with Crippen molar-refractivity contribution in [3.8, 4) is 11.5 Å². The minimum Gasteiger partial charge on any atom is -0.486 e. The van der Waals surface area contributed by atoms with Crippen LogP contribution in [0, 0.1) is 0 Å². The number of thiophene rings is 1. The average molecular weight is 474 g/mol. The zero-order chi connectivity index (χ0) is 22.6. The summed E-state index contributed by atoms with van der Waals surface area (Å²) in [4.78, 5) is 24.0. The number of hydrogen-bond donors (Lipinski definition) is 3. The topological polar surface area (TPSA) is 123 Å². The Labute approximate surface area is 188 Å². The van der Waals surface area contributed by atoms with Crippen LogP contribution in [0.25, 0.3) is 0 Å². The lowest BCUT2D eigenvalue weighted by Gasteiger charge is -2.19. The molecule has 2 amide bonds. The number of hydrogen-bond acceptors (Lipinski definition) is 7. The first-order valence-corrected chi connectivity index (χ1v) is 12.0. The predicted octanol–water partition coefficient (Wildman–Crippen LogP) is 2.69. The Bertz CT molecular complexity index is 1220. The Balaban J connectivity index is 1.34. The maximum atomic E-state index is 12.7. The average Bonchev–Trinajstić information content (AvgIpc) is 3.33. The van der Waals surface area contributed by atoms with Crippen molar-refractivity contribution < 1.29 is 27.5 Å². The molecule has 32 heavy (non-hydrogen) atoms. The second-order valence-electron chi connectivity index (χ2n) is 6.73. The Kier molecular flexibility index (Phi) is 6.28. The highest BCUT2D eigenvalue weighted by atomic mass is 32.2. The fourth-order valence-corrected chi connectivity index (χ4v) is 4.60. The fourth-order valence-electron chi connectivity index (χ4n) is 2.89. The van der Waals surface area contributed by atoms with E-state index in [1.165, 1.54) is 35.6 Å². The molecule has 4 rings (SSSR count). The molecule has 1 aromatic heterocycles. The van der Waals surface area contributed by atoms with E-state index in [-0.39, 0.29) is 17.3 Å². The van der Waals surface area contributed by atoms with E-state index in [0.29, 0.717) is 41.7 Å². The van der Waals surface area contributed by atoms with Crippen molar-refractivity contribution in [1.82, 2.24) is 5.32 Å².